The molecule has 1 unspecified atom stereocenters. The van der Waals surface area contributed by atoms with Crippen LogP contribution in [0.2, 0.25) is 0 Å². The maximum atomic E-state index is 12.1. The first-order chi connectivity index (χ1) is 9.02. The lowest BCUT2D eigenvalue weighted by molar-refractivity contribution is -0.385. The number of rotatable bonds is 5. The van der Waals surface area contributed by atoms with Gasteiger partial charge in [-0.15, -0.1) is 0 Å². The van der Waals surface area contributed by atoms with E-state index >= 15 is 0 Å². The molecule has 1 atom stereocenters. The van der Waals surface area contributed by atoms with Gasteiger partial charge < -0.3 is 10.6 Å². The number of carbonyl (C=O) groups excluding carboxylic acids is 1. The third-order valence-corrected chi connectivity index (χ3v) is 3.27. The van der Waals surface area contributed by atoms with Crippen LogP contribution >= 0.6 is 0 Å². The highest BCUT2D eigenvalue weighted by atomic mass is 16.6. The van der Waals surface area contributed by atoms with Crippen molar-refractivity contribution in [2.24, 2.45) is 5.92 Å². The van der Waals surface area contributed by atoms with Crippen LogP contribution in [0.1, 0.15) is 30.1 Å². The molecule has 1 fully saturated rings. The van der Waals surface area contributed by atoms with Gasteiger partial charge in [0.1, 0.15) is 17.6 Å². The van der Waals surface area contributed by atoms with Crippen molar-refractivity contribution in [2.75, 3.05) is 12.4 Å². The van der Waals surface area contributed by atoms with Crippen molar-refractivity contribution in [2.45, 2.75) is 25.8 Å². The Kier molecular flexibility index (Phi) is 3.64. The van der Waals surface area contributed by atoms with Crippen LogP contribution in [0.5, 0.6) is 0 Å². The van der Waals surface area contributed by atoms with Crippen LogP contribution < -0.4 is 10.6 Å². The van der Waals surface area contributed by atoms with E-state index in [9.17, 15) is 14.9 Å². The standard InChI is InChI=1S/C12H16N4O3/c1-7(8-3-4-8)15-12(17)9-5-11(13-2)14-6-10(9)16(18)19/h5-8H,3-4H2,1-2H3,(H,13,14)(H,15,17). The number of hydrogen-bond donors (Lipinski definition) is 2. The van der Waals surface area contributed by atoms with Gasteiger partial charge in [0, 0.05) is 19.2 Å². The molecule has 1 saturated carbocycles. The van der Waals surface area contributed by atoms with Crippen molar-refractivity contribution in [3.05, 3.63) is 27.9 Å². The third-order valence-electron chi connectivity index (χ3n) is 3.27. The van der Waals surface area contributed by atoms with E-state index in [1.807, 2.05) is 6.92 Å². The highest BCUT2D eigenvalue weighted by Gasteiger charge is 2.30. The van der Waals surface area contributed by atoms with Crippen LogP contribution in [-0.4, -0.2) is 28.9 Å². The largest absolute Gasteiger partial charge is 0.373 e. The number of pyridine rings is 1. The summed E-state index contributed by atoms with van der Waals surface area (Å²) in [5.74, 6) is 0.494. The average molecular weight is 264 g/mol. The summed E-state index contributed by atoms with van der Waals surface area (Å²) in [5, 5.41) is 16.5. The maximum absolute atomic E-state index is 12.1. The summed E-state index contributed by atoms with van der Waals surface area (Å²) in [6, 6.07) is 1.44. The van der Waals surface area contributed by atoms with Gasteiger partial charge in [-0.3, -0.25) is 14.9 Å². The van der Waals surface area contributed by atoms with Crippen molar-refractivity contribution in [1.82, 2.24) is 10.3 Å². The lowest BCUT2D eigenvalue weighted by atomic mass is 10.1. The summed E-state index contributed by atoms with van der Waals surface area (Å²) < 4.78 is 0. The highest BCUT2D eigenvalue weighted by molar-refractivity contribution is 5.98. The van der Waals surface area contributed by atoms with Crippen LogP contribution in [0.3, 0.4) is 0 Å². The van der Waals surface area contributed by atoms with Gasteiger partial charge in [-0.25, -0.2) is 4.98 Å². The number of hydrogen-bond acceptors (Lipinski definition) is 5. The number of nitrogens with zero attached hydrogens (tertiary/aromatic N) is 2. The average Bonchev–Trinajstić information content (AvgIpc) is 3.21. The second-order valence-electron chi connectivity index (χ2n) is 4.69. The molecule has 2 N–H and O–H groups in total. The Morgan fingerprint density at radius 2 is 2.26 bits per heavy atom. The van der Waals surface area contributed by atoms with Crippen LogP contribution in [0.4, 0.5) is 11.5 Å². The van der Waals surface area contributed by atoms with Gasteiger partial charge in [-0.05, 0) is 25.7 Å². The number of nitrogens with one attached hydrogen (secondary N) is 2. The molecule has 0 radical (unpaired) electrons. The predicted octanol–water partition coefficient (Wildman–Crippen LogP) is 1.56. The van der Waals surface area contributed by atoms with Crippen LogP contribution in [-0.2, 0) is 0 Å². The number of carbonyl (C=O) groups is 1. The van der Waals surface area contributed by atoms with Crippen molar-refractivity contribution >= 4 is 17.4 Å². The first-order valence-corrected chi connectivity index (χ1v) is 6.16. The first kappa shape index (κ1) is 13.3. The third kappa shape index (κ3) is 2.98. The Labute approximate surface area is 110 Å². The molecule has 102 valence electrons. The second kappa shape index (κ2) is 5.21. The lowest BCUT2D eigenvalue weighted by Gasteiger charge is -2.13. The molecule has 2 rings (SSSR count). The monoisotopic (exact) mass is 264 g/mol. The minimum absolute atomic E-state index is 0.0388. The SMILES string of the molecule is CNc1cc(C(=O)NC(C)C2CC2)c([N+](=O)[O-])cn1. The fraction of sp³-hybridized carbons (Fsp3) is 0.500. The highest BCUT2D eigenvalue weighted by Crippen LogP contribution is 2.32. The van der Waals surface area contributed by atoms with E-state index in [2.05, 4.69) is 15.6 Å². The molecule has 7 nitrogen and oxygen atoms in total. The Hall–Kier alpha value is -2.18. The van der Waals surface area contributed by atoms with Crippen molar-refractivity contribution in [1.29, 1.82) is 0 Å². The molecule has 1 amide bonds. The molecule has 1 aromatic rings. The number of amides is 1. The fourth-order valence-corrected chi connectivity index (χ4v) is 1.91. The Morgan fingerprint density at radius 3 is 2.79 bits per heavy atom. The number of anilines is 1. The summed E-state index contributed by atoms with van der Waals surface area (Å²) in [7, 11) is 1.64. The summed E-state index contributed by atoms with van der Waals surface area (Å²) >= 11 is 0. The molecule has 0 aromatic carbocycles. The number of aromatic nitrogens is 1. The topological polar surface area (TPSA) is 97.2 Å². The van der Waals surface area contributed by atoms with Gasteiger partial charge in [-0.2, -0.15) is 0 Å². The van der Waals surface area contributed by atoms with E-state index in [0.29, 0.717) is 11.7 Å². The molecule has 1 aromatic heterocycles. The quantitative estimate of drug-likeness (QED) is 0.621. The smallest absolute Gasteiger partial charge is 0.300 e. The van der Waals surface area contributed by atoms with Gasteiger partial charge in [0.2, 0.25) is 0 Å². The van der Waals surface area contributed by atoms with E-state index in [1.165, 1.54) is 6.07 Å². The minimum atomic E-state index is -0.594. The van der Waals surface area contributed by atoms with E-state index in [0.717, 1.165) is 19.0 Å². The summed E-state index contributed by atoms with van der Waals surface area (Å²) in [6.07, 6.45) is 3.30. The lowest BCUT2D eigenvalue weighted by Crippen LogP contribution is -2.34. The normalized spacial score (nSPS) is 15.7. The molecule has 7 heteroatoms. The molecular weight excluding hydrogens is 248 g/mol. The molecule has 19 heavy (non-hydrogen) atoms. The van der Waals surface area contributed by atoms with Gasteiger partial charge in [0.05, 0.1) is 4.92 Å². The van der Waals surface area contributed by atoms with Crippen molar-refractivity contribution < 1.29 is 9.72 Å². The predicted molar refractivity (Wildman–Crippen MR) is 70.1 cm³/mol. The molecule has 0 aliphatic heterocycles. The molecule has 0 saturated heterocycles. The second-order valence-corrected chi connectivity index (χ2v) is 4.69. The zero-order chi connectivity index (χ0) is 14.0. The Balaban J connectivity index is 2.24. The van der Waals surface area contributed by atoms with Gasteiger partial charge >= 0.3 is 0 Å². The first-order valence-electron chi connectivity index (χ1n) is 6.16. The molecular formula is C12H16N4O3. The van der Waals surface area contributed by atoms with Gasteiger partial charge in [0.25, 0.3) is 11.6 Å². The Bertz CT molecular complexity index is 514. The van der Waals surface area contributed by atoms with Crippen LogP contribution in [0.25, 0.3) is 0 Å². The molecule has 1 aliphatic rings. The zero-order valence-electron chi connectivity index (χ0n) is 10.8. The van der Waals surface area contributed by atoms with Crippen LogP contribution in [0.15, 0.2) is 12.3 Å². The zero-order valence-corrected chi connectivity index (χ0v) is 10.8. The minimum Gasteiger partial charge on any atom is -0.373 e. The maximum Gasteiger partial charge on any atom is 0.300 e. The van der Waals surface area contributed by atoms with E-state index in [-0.39, 0.29) is 17.3 Å². The van der Waals surface area contributed by atoms with Gasteiger partial charge in [-0.1, -0.05) is 0 Å². The van der Waals surface area contributed by atoms with Crippen molar-refractivity contribution in [3.8, 4) is 0 Å². The van der Waals surface area contributed by atoms with E-state index in [4.69, 9.17) is 0 Å². The Morgan fingerprint density at radius 1 is 1.58 bits per heavy atom. The van der Waals surface area contributed by atoms with Crippen LogP contribution in [0, 0.1) is 16.0 Å². The summed E-state index contributed by atoms with van der Waals surface area (Å²) in [4.78, 5) is 26.3. The molecule has 0 bridgehead atoms. The molecule has 1 heterocycles. The van der Waals surface area contributed by atoms with Crippen molar-refractivity contribution in [3.63, 3.8) is 0 Å². The number of nitro groups is 1. The van der Waals surface area contributed by atoms with E-state index < -0.39 is 10.8 Å². The van der Waals surface area contributed by atoms with Gasteiger partial charge in [0.15, 0.2) is 0 Å². The fourth-order valence-electron chi connectivity index (χ4n) is 1.91. The molecule has 0 spiro atoms. The summed E-state index contributed by atoms with van der Waals surface area (Å²) in [5.41, 5.74) is -0.239. The van der Waals surface area contributed by atoms with E-state index in [1.54, 1.807) is 7.05 Å². The summed E-state index contributed by atoms with van der Waals surface area (Å²) in [6.45, 7) is 1.92. The molecule has 1 aliphatic carbocycles.